The van der Waals surface area contributed by atoms with Gasteiger partial charge < -0.3 is 24.4 Å². The maximum Gasteiger partial charge on any atom is 0.416 e. The number of halogens is 6. The summed E-state index contributed by atoms with van der Waals surface area (Å²) in [4.78, 5) is 18.1. The summed E-state index contributed by atoms with van der Waals surface area (Å²) in [6.07, 6.45) is -11.8. The Balaban J connectivity index is 1.86. The van der Waals surface area contributed by atoms with Gasteiger partial charge in [0.1, 0.15) is 5.60 Å². The predicted octanol–water partition coefficient (Wildman–Crippen LogP) is 6.63. The van der Waals surface area contributed by atoms with E-state index in [2.05, 4.69) is 10.0 Å². The number of hydrogen-bond acceptors (Lipinski definition) is 6. The van der Waals surface area contributed by atoms with Crippen LogP contribution in [0.25, 0.3) is 10.4 Å². The van der Waals surface area contributed by atoms with Crippen LogP contribution in [0, 0.1) is 0 Å². The fraction of sp³-hybridized carbons (Fsp3) is 0.458. The number of aliphatic hydroxyl groups excluding tert-OH is 1. The molecule has 1 amide bonds. The molecular weight excluding hydrogens is 536 g/mol. The molecule has 0 bridgehead atoms. The number of carbonyl (C=O) groups excluding carboxylic acids is 1. The second kappa shape index (κ2) is 9.72. The van der Waals surface area contributed by atoms with Gasteiger partial charge in [-0.3, -0.25) is 0 Å². The van der Waals surface area contributed by atoms with Crippen molar-refractivity contribution in [1.29, 1.82) is 0 Å². The van der Waals surface area contributed by atoms with Gasteiger partial charge in [-0.15, -0.1) is 0 Å². The van der Waals surface area contributed by atoms with E-state index in [9.17, 15) is 36.2 Å². The smallest absolute Gasteiger partial charge is 0.416 e. The van der Waals surface area contributed by atoms with Crippen molar-refractivity contribution in [2.24, 2.45) is 5.11 Å². The van der Waals surface area contributed by atoms with Crippen molar-refractivity contribution in [2.45, 2.75) is 56.9 Å². The highest BCUT2D eigenvalue weighted by atomic mass is 19.4. The molecule has 2 aromatic carbocycles. The fourth-order valence-corrected chi connectivity index (χ4v) is 4.43. The lowest BCUT2D eigenvalue weighted by atomic mass is 9.94. The summed E-state index contributed by atoms with van der Waals surface area (Å²) in [5, 5.41) is 14.7. The summed E-state index contributed by atoms with van der Waals surface area (Å²) >= 11 is 0. The zero-order chi connectivity index (χ0) is 28.9. The highest BCUT2D eigenvalue weighted by molar-refractivity contribution is 5.80. The molecule has 1 saturated heterocycles. The Hall–Kier alpha value is -3.84. The van der Waals surface area contributed by atoms with Crippen LogP contribution in [0.3, 0.4) is 0 Å². The Morgan fingerprint density at radius 3 is 1.95 bits per heavy atom. The van der Waals surface area contributed by atoms with E-state index in [4.69, 9.17) is 15.0 Å². The summed E-state index contributed by atoms with van der Waals surface area (Å²) in [5.74, 6) is -0.836. The Morgan fingerprint density at radius 1 is 1.00 bits per heavy atom. The van der Waals surface area contributed by atoms with E-state index in [-0.39, 0.29) is 24.5 Å². The summed E-state index contributed by atoms with van der Waals surface area (Å²) in [7, 11) is 0. The summed E-state index contributed by atoms with van der Waals surface area (Å²) in [6.45, 7) is 4.36. The number of azide groups is 1. The van der Waals surface area contributed by atoms with Crippen LogP contribution in [0.15, 0.2) is 41.5 Å². The van der Waals surface area contributed by atoms with Crippen molar-refractivity contribution in [3.8, 4) is 11.5 Å². The van der Waals surface area contributed by atoms with Crippen LogP contribution in [0.5, 0.6) is 11.5 Å². The minimum Gasteiger partial charge on any atom is -0.453 e. The summed E-state index contributed by atoms with van der Waals surface area (Å²) in [6, 6.07) is 2.51. The molecule has 3 unspecified atom stereocenters. The first-order chi connectivity index (χ1) is 18.0. The number of alkyl halides is 6. The van der Waals surface area contributed by atoms with Gasteiger partial charge in [0.05, 0.1) is 40.7 Å². The van der Waals surface area contributed by atoms with Crippen molar-refractivity contribution in [1.82, 2.24) is 4.90 Å². The Morgan fingerprint density at radius 2 is 1.51 bits per heavy atom. The Bertz CT molecular complexity index is 1260. The highest BCUT2D eigenvalue weighted by Crippen LogP contribution is 2.51. The van der Waals surface area contributed by atoms with Gasteiger partial charge in [0.15, 0.2) is 11.5 Å². The topological polar surface area (TPSA) is 111 Å². The molecular formula is C24H23F6N5O4. The molecule has 15 heteroatoms. The van der Waals surface area contributed by atoms with Gasteiger partial charge in [0.25, 0.3) is 0 Å². The lowest BCUT2D eigenvalue weighted by Gasteiger charge is -2.47. The lowest BCUT2D eigenvalue weighted by Crippen LogP contribution is -2.61. The van der Waals surface area contributed by atoms with E-state index in [1.807, 2.05) is 0 Å². The molecule has 210 valence electrons. The van der Waals surface area contributed by atoms with Crippen molar-refractivity contribution in [2.75, 3.05) is 18.0 Å². The van der Waals surface area contributed by atoms with Crippen molar-refractivity contribution in [3.63, 3.8) is 0 Å². The third-order valence-corrected chi connectivity index (χ3v) is 6.10. The van der Waals surface area contributed by atoms with Gasteiger partial charge in [0, 0.05) is 18.0 Å². The Kier molecular flexibility index (Phi) is 7.02. The number of rotatable bonds is 2. The minimum atomic E-state index is -4.78. The van der Waals surface area contributed by atoms with Crippen molar-refractivity contribution >= 4 is 17.5 Å². The van der Waals surface area contributed by atoms with Gasteiger partial charge in [-0.1, -0.05) is 5.11 Å². The maximum absolute atomic E-state index is 13.4. The molecule has 0 aromatic heterocycles. The van der Waals surface area contributed by atoms with E-state index in [1.165, 1.54) is 4.90 Å². The number of likely N-dealkylation sites (tertiary alicyclic amines) is 1. The van der Waals surface area contributed by atoms with Gasteiger partial charge in [-0.05, 0) is 62.7 Å². The molecule has 2 aliphatic rings. The zero-order valence-corrected chi connectivity index (χ0v) is 20.8. The van der Waals surface area contributed by atoms with Crippen LogP contribution in [-0.4, -0.2) is 53.0 Å². The average Bonchev–Trinajstić information content (AvgIpc) is 2.81. The van der Waals surface area contributed by atoms with Gasteiger partial charge >= 0.3 is 18.4 Å². The molecule has 1 fully saturated rings. The zero-order valence-electron chi connectivity index (χ0n) is 20.8. The number of amides is 1. The number of ether oxygens (including phenoxy) is 2. The molecule has 4 rings (SSSR count). The molecule has 2 heterocycles. The third kappa shape index (κ3) is 5.78. The number of piperidine rings is 1. The standard InChI is InChI=1S/C24H23F6N5O4/c1-22(2,3)39-21(37)34-10-14(32-33-31)20(36)17(11-34)35-15-6-4-12(23(25,26)27)8-18(15)38-19-9-13(24(28,29)30)5-7-16(19)35/h4-9,14,17,20,36H,10-11H2,1-3H3. The lowest BCUT2D eigenvalue weighted by molar-refractivity contribution is -0.138. The minimum absolute atomic E-state index is 0.00923. The normalized spacial score (nSPS) is 21.3. The molecule has 0 aliphatic carbocycles. The molecule has 39 heavy (non-hydrogen) atoms. The SMILES string of the molecule is CC(C)(C)OC(=O)N1CC(N=[N+]=[N-])C(O)C(N2c3ccc(C(F)(F)F)cc3Oc3cc(C(F)(F)F)ccc32)C1. The highest BCUT2D eigenvalue weighted by Gasteiger charge is 2.45. The van der Waals surface area contributed by atoms with Crippen LogP contribution in [0.4, 0.5) is 42.5 Å². The quantitative estimate of drug-likeness (QED) is 0.192. The molecule has 2 aromatic rings. The molecule has 3 atom stereocenters. The van der Waals surface area contributed by atoms with Crippen LogP contribution in [0.2, 0.25) is 0 Å². The van der Waals surface area contributed by atoms with E-state index >= 15 is 0 Å². The first-order valence-corrected chi connectivity index (χ1v) is 11.6. The Labute approximate surface area is 218 Å². The summed E-state index contributed by atoms with van der Waals surface area (Å²) in [5.41, 5.74) is 5.90. The monoisotopic (exact) mass is 559 g/mol. The van der Waals surface area contributed by atoms with Crippen LogP contribution < -0.4 is 9.64 Å². The third-order valence-electron chi connectivity index (χ3n) is 6.10. The van der Waals surface area contributed by atoms with E-state index in [1.54, 1.807) is 20.8 Å². The predicted molar refractivity (Wildman–Crippen MR) is 126 cm³/mol. The number of fused-ring (bicyclic) bond motifs is 2. The van der Waals surface area contributed by atoms with Crippen LogP contribution >= 0.6 is 0 Å². The number of aliphatic hydroxyl groups is 1. The maximum atomic E-state index is 13.4. The number of hydrogen-bond donors (Lipinski definition) is 1. The number of benzene rings is 2. The fourth-order valence-electron chi connectivity index (χ4n) is 4.43. The van der Waals surface area contributed by atoms with Gasteiger partial charge in [-0.25, -0.2) is 4.79 Å². The molecule has 0 radical (unpaired) electrons. The average molecular weight is 559 g/mol. The number of anilines is 2. The van der Waals surface area contributed by atoms with Crippen molar-refractivity contribution < 1.29 is 45.7 Å². The van der Waals surface area contributed by atoms with Gasteiger partial charge in [0.2, 0.25) is 0 Å². The first kappa shape index (κ1) is 28.2. The van der Waals surface area contributed by atoms with E-state index < -0.39 is 64.9 Å². The summed E-state index contributed by atoms with van der Waals surface area (Å²) < 4.78 is 91.5. The molecule has 9 nitrogen and oxygen atoms in total. The molecule has 0 spiro atoms. The van der Waals surface area contributed by atoms with Crippen LogP contribution in [0.1, 0.15) is 31.9 Å². The molecule has 1 N–H and O–H groups in total. The van der Waals surface area contributed by atoms with E-state index in [0.717, 1.165) is 29.2 Å². The van der Waals surface area contributed by atoms with Crippen molar-refractivity contribution in [3.05, 3.63) is 58.0 Å². The largest absolute Gasteiger partial charge is 0.453 e. The number of carbonyl (C=O) groups is 1. The second-order valence-corrected chi connectivity index (χ2v) is 10.0. The molecule has 2 aliphatic heterocycles. The first-order valence-electron chi connectivity index (χ1n) is 11.6. The second-order valence-electron chi connectivity index (χ2n) is 10.0. The molecule has 0 saturated carbocycles. The number of nitrogens with zero attached hydrogens (tertiary/aromatic N) is 5. The van der Waals surface area contributed by atoms with Crippen LogP contribution in [-0.2, 0) is 17.1 Å². The van der Waals surface area contributed by atoms with E-state index in [0.29, 0.717) is 12.1 Å². The van der Waals surface area contributed by atoms with Gasteiger partial charge in [-0.2, -0.15) is 26.3 Å².